The predicted molar refractivity (Wildman–Crippen MR) is 132 cm³/mol. The van der Waals surface area contributed by atoms with Crippen LogP contribution in [-0.2, 0) is 43.5 Å². The first kappa shape index (κ1) is 26.4. The van der Waals surface area contributed by atoms with Crippen LogP contribution in [0.1, 0.15) is 23.6 Å². The van der Waals surface area contributed by atoms with Crippen molar-refractivity contribution in [2.75, 3.05) is 13.7 Å². The van der Waals surface area contributed by atoms with Crippen LogP contribution in [0.4, 0.5) is 0 Å². The second-order valence-corrected chi connectivity index (χ2v) is 7.96. The molecule has 8 nitrogen and oxygen atoms in total. The van der Waals surface area contributed by atoms with Crippen molar-refractivity contribution >= 4 is 17.8 Å². The fourth-order valence-electron chi connectivity index (χ4n) is 3.34. The summed E-state index contributed by atoms with van der Waals surface area (Å²) in [4.78, 5) is 35.1. The Bertz CT molecular complexity index is 1120. The lowest BCUT2D eigenvalue weighted by Gasteiger charge is -2.18. The van der Waals surface area contributed by atoms with Gasteiger partial charge in [0.2, 0.25) is 5.91 Å². The van der Waals surface area contributed by atoms with Crippen molar-refractivity contribution in [2.24, 2.45) is 0 Å². The van der Waals surface area contributed by atoms with Crippen LogP contribution in [-0.4, -0.2) is 37.6 Å². The molecule has 3 aromatic rings. The van der Waals surface area contributed by atoms with E-state index in [0.717, 1.165) is 23.5 Å². The summed E-state index contributed by atoms with van der Waals surface area (Å²) in [5.74, 6) is 0.0722. The minimum atomic E-state index is -0.850. The van der Waals surface area contributed by atoms with Gasteiger partial charge in [-0.05, 0) is 29.3 Å². The number of esters is 2. The van der Waals surface area contributed by atoms with E-state index in [0.29, 0.717) is 12.4 Å². The minimum Gasteiger partial charge on any atom is -0.488 e. The van der Waals surface area contributed by atoms with Gasteiger partial charge in [-0.25, -0.2) is 4.79 Å². The summed E-state index contributed by atoms with van der Waals surface area (Å²) in [7, 11) is 1.26. The Balaban J connectivity index is 0.000000375. The number of nitrogens with one attached hydrogen (secondary N) is 1. The largest absolute Gasteiger partial charge is 0.488 e. The molecule has 0 aliphatic carbocycles. The first-order chi connectivity index (χ1) is 17.4. The first-order valence-electron chi connectivity index (χ1n) is 11.4. The molecule has 8 heteroatoms. The van der Waals surface area contributed by atoms with Crippen molar-refractivity contribution in [3.05, 3.63) is 95.6 Å². The van der Waals surface area contributed by atoms with Gasteiger partial charge in [0, 0.05) is 18.9 Å². The number of carbonyl (C=O) groups excluding carboxylic acids is 3. The topological polar surface area (TPSA) is 100 Å². The third-order valence-corrected chi connectivity index (χ3v) is 5.15. The lowest BCUT2D eigenvalue weighted by molar-refractivity contribution is -0.145. The molecule has 3 aromatic carbocycles. The molecular formula is C28H29NO7. The lowest BCUT2D eigenvalue weighted by atomic mass is 10.1. The van der Waals surface area contributed by atoms with E-state index in [4.69, 9.17) is 18.9 Å². The molecule has 0 aromatic heterocycles. The van der Waals surface area contributed by atoms with E-state index < -0.39 is 23.9 Å². The van der Waals surface area contributed by atoms with E-state index in [2.05, 4.69) is 11.4 Å². The summed E-state index contributed by atoms with van der Waals surface area (Å²) in [5, 5.41) is 2.63. The molecule has 1 aliphatic rings. The maximum atomic E-state index is 12.1. The molecule has 188 valence electrons. The van der Waals surface area contributed by atoms with Gasteiger partial charge >= 0.3 is 11.9 Å². The van der Waals surface area contributed by atoms with E-state index in [1.807, 2.05) is 48.5 Å². The third kappa shape index (κ3) is 8.56. The maximum absolute atomic E-state index is 12.1. The smallest absolute Gasteiger partial charge is 0.328 e. The Morgan fingerprint density at radius 1 is 0.917 bits per heavy atom. The highest BCUT2D eigenvalue weighted by molar-refractivity contribution is 5.85. The minimum absolute atomic E-state index is 0.173. The molecule has 4 rings (SSSR count). The van der Waals surface area contributed by atoms with Crippen LogP contribution in [0.5, 0.6) is 11.5 Å². The fourth-order valence-corrected chi connectivity index (χ4v) is 3.34. The molecule has 0 spiro atoms. The zero-order valence-electron chi connectivity index (χ0n) is 20.3. The van der Waals surface area contributed by atoms with Crippen molar-refractivity contribution < 1.29 is 33.3 Å². The number of methoxy groups -OCH3 is 1. The lowest BCUT2D eigenvalue weighted by Crippen LogP contribution is -2.44. The van der Waals surface area contributed by atoms with Crippen LogP contribution in [0, 0.1) is 0 Å². The van der Waals surface area contributed by atoms with Crippen LogP contribution < -0.4 is 14.8 Å². The van der Waals surface area contributed by atoms with Crippen LogP contribution in [0.2, 0.25) is 0 Å². The Kier molecular flexibility index (Phi) is 10.0. The van der Waals surface area contributed by atoms with Crippen molar-refractivity contribution in [1.82, 2.24) is 5.32 Å². The number of fused-ring (bicyclic) bond motifs is 1. The highest BCUT2D eigenvalue weighted by atomic mass is 16.5. The molecule has 1 heterocycles. The molecule has 1 unspecified atom stereocenters. The number of ether oxygens (including phenoxy) is 4. The summed E-state index contributed by atoms with van der Waals surface area (Å²) >= 11 is 0. The number of benzene rings is 3. The average Bonchev–Trinajstić information content (AvgIpc) is 2.86. The maximum Gasteiger partial charge on any atom is 0.328 e. The zero-order valence-corrected chi connectivity index (χ0v) is 20.3. The number of rotatable bonds is 9. The number of para-hydroxylation sites is 1. The third-order valence-electron chi connectivity index (χ3n) is 5.15. The van der Waals surface area contributed by atoms with Crippen molar-refractivity contribution in [2.45, 2.75) is 32.6 Å². The molecule has 1 atom stereocenters. The van der Waals surface area contributed by atoms with Gasteiger partial charge in [0.15, 0.2) is 0 Å². The first-order valence-corrected chi connectivity index (χ1v) is 11.4. The Hall–Kier alpha value is -4.17. The van der Waals surface area contributed by atoms with Gasteiger partial charge in [-0.15, -0.1) is 0 Å². The normalized spacial score (nSPS) is 11.8. The van der Waals surface area contributed by atoms with Crippen molar-refractivity contribution in [3.63, 3.8) is 0 Å². The van der Waals surface area contributed by atoms with Crippen molar-refractivity contribution in [3.8, 4) is 11.5 Å². The van der Waals surface area contributed by atoms with Crippen LogP contribution in [0.15, 0.2) is 78.9 Å². The van der Waals surface area contributed by atoms with Gasteiger partial charge in [-0.3, -0.25) is 9.59 Å². The van der Waals surface area contributed by atoms with E-state index in [1.54, 1.807) is 24.3 Å². The molecule has 0 radical (unpaired) electrons. The Labute approximate surface area is 210 Å². The van der Waals surface area contributed by atoms with E-state index in [9.17, 15) is 14.4 Å². The van der Waals surface area contributed by atoms with Gasteiger partial charge in [0.05, 0.1) is 13.7 Å². The molecule has 36 heavy (non-hydrogen) atoms. The number of hydrogen-bond acceptors (Lipinski definition) is 7. The highest BCUT2D eigenvalue weighted by Crippen LogP contribution is 2.27. The standard InChI is InChI=1S/C21H23NO6.C7H6O/c1-15(23)28-18-10-8-16(9-11-18)12-19(21(25)26-2)22-20(24)14-27-13-17-6-4-3-5-7-17;1-2-4-7-6(3-1)5-8-7/h3-11,19H,12-14H2,1-2H3,(H,22,24);1-4H,5H2. The summed E-state index contributed by atoms with van der Waals surface area (Å²) in [6, 6.07) is 23.4. The van der Waals surface area contributed by atoms with Gasteiger partial charge in [-0.1, -0.05) is 60.7 Å². The fraction of sp³-hybridized carbons (Fsp3) is 0.250. The Morgan fingerprint density at radius 2 is 1.61 bits per heavy atom. The van der Waals surface area contributed by atoms with Crippen LogP contribution >= 0.6 is 0 Å². The van der Waals surface area contributed by atoms with Crippen LogP contribution in [0.25, 0.3) is 0 Å². The second kappa shape index (κ2) is 13.7. The Morgan fingerprint density at radius 3 is 2.17 bits per heavy atom. The molecule has 1 amide bonds. The number of hydrogen-bond donors (Lipinski definition) is 1. The monoisotopic (exact) mass is 491 g/mol. The summed E-state index contributed by atoms with van der Waals surface area (Å²) in [6.45, 7) is 2.25. The molecule has 1 aliphatic heterocycles. The quantitative estimate of drug-likeness (QED) is 0.361. The summed E-state index contributed by atoms with van der Waals surface area (Å²) in [6.07, 6.45) is 0.234. The average molecular weight is 492 g/mol. The van der Waals surface area contributed by atoms with Crippen LogP contribution in [0.3, 0.4) is 0 Å². The second-order valence-electron chi connectivity index (χ2n) is 7.96. The van der Waals surface area contributed by atoms with Gasteiger partial charge in [-0.2, -0.15) is 0 Å². The summed E-state index contributed by atoms with van der Waals surface area (Å²) < 4.78 is 20.2. The van der Waals surface area contributed by atoms with E-state index >= 15 is 0 Å². The van der Waals surface area contributed by atoms with Gasteiger partial charge in [0.25, 0.3) is 0 Å². The van der Waals surface area contributed by atoms with E-state index in [-0.39, 0.29) is 13.0 Å². The van der Waals surface area contributed by atoms with E-state index in [1.165, 1.54) is 19.6 Å². The zero-order chi connectivity index (χ0) is 25.8. The highest BCUT2D eigenvalue weighted by Gasteiger charge is 2.22. The molecular weight excluding hydrogens is 462 g/mol. The molecule has 1 N–H and O–H groups in total. The number of amides is 1. The SMILES string of the molecule is COC(=O)C(Cc1ccc(OC(C)=O)cc1)NC(=O)COCc1ccccc1.c1ccc2c(c1)CO2. The predicted octanol–water partition coefficient (Wildman–Crippen LogP) is 3.61. The summed E-state index contributed by atoms with van der Waals surface area (Å²) in [5.41, 5.74) is 3.05. The van der Waals surface area contributed by atoms with Crippen molar-refractivity contribution in [1.29, 1.82) is 0 Å². The molecule has 0 saturated carbocycles. The molecule has 0 fully saturated rings. The molecule has 0 bridgehead atoms. The number of carbonyl (C=O) groups is 3. The molecule has 0 saturated heterocycles. The van der Waals surface area contributed by atoms with Gasteiger partial charge < -0.3 is 24.3 Å². The van der Waals surface area contributed by atoms with Gasteiger partial charge in [0.1, 0.15) is 30.8 Å².